The van der Waals surface area contributed by atoms with Crippen LogP contribution < -0.4 is 10.3 Å². The Morgan fingerprint density at radius 2 is 1.67 bits per heavy atom. The summed E-state index contributed by atoms with van der Waals surface area (Å²) in [6, 6.07) is 27.6. The second-order valence-electron chi connectivity index (χ2n) is 8.69. The van der Waals surface area contributed by atoms with Crippen LogP contribution >= 0.6 is 39.1 Å². The van der Waals surface area contributed by atoms with Crippen LogP contribution in [0.2, 0.25) is 10.0 Å². The molecule has 0 N–H and O–H groups in total. The van der Waals surface area contributed by atoms with Crippen LogP contribution in [0.3, 0.4) is 0 Å². The Labute approximate surface area is 241 Å². The summed E-state index contributed by atoms with van der Waals surface area (Å²) in [5.41, 5.74) is 2.44. The molecule has 0 atom stereocenters. The molecule has 6 nitrogen and oxygen atoms in total. The van der Waals surface area contributed by atoms with Crippen LogP contribution in [0.15, 0.2) is 110 Å². The van der Waals surface area contributed by atoms with Gasteiger partial charge >= 0.3 is 0 Å². The molecule has 4 aromatic carbocycles. The summed E-state index contributed by atoms with van der Waals surface area (Å²) in [6.07, 6.45) is 1.50. The summed E-state index contributed by atoms with van der Waals surface area (Å²) in [5, 5.41) is 6.45. The standard InChI is InChI=1S/C30H18BrCl2N3O3/c31-21-11-9-18(10-12-21)17-38-28-23(32)13-19(14-24(28)33)16-34-36-29(27-15-20-5-1-4-8-26(20)39-27)35-25-7-3-2-6-22(25)30(36)37/h1-16H,17H2. The van der Waals surface area contributed by atoms with E-state index in [4.69, 9.17) is 37.3 Å². The quantitative estimate of drug-likeness (QED) is 0.176. The molecular formula is C30H18BrCl2N3O3. The highest BCUT2D eigenvalue weighted by molar-refractivity contribution is 9.10. The summed E-state index contributed by atoms with van der Waals surface area (Å²) in [5.74, 6) is 1.06. The Kier molecular flexibility index (Phi) is 6.95. The number of hydrogen-bond acceptors (Lipinski definition) is 5. The Morgan fingerprint density at radius 1 is 0.949 bits per heavy atom. The van der Waals surface area contributed by atoms with Crippen LogP contribution in [-0.2, 0) is 6.61 Å². The van der Waals surface area contributed by atoms with E-state index in [1.165, 1.54) is 10.9 Å². The lowest BCUT2D eigenvalue weighted by molar-refractivity contribution is 0.306. The molecule has 0 radical (unpaired) electrons. The number of ether oxygens (including phenoxy) is 1. The fourth-order valence-electron chi connectivity index (χ4n) is 4.13. The molecule has 0 saturated heterocycles. The fourth-order valence-corrected chi connectivity index (χ4v) is 5.01. The third-order valence-corrected chi connectivity index (χ3v) is 7.13. The van der Waals surface area contributed by atoms with Gasteiger partial charge < -0.3 is 9.15 Å². The van der Waals surface area contributed by atoms with Crippen molar-refractivity contribution < 1.29 is 9.15 Å². The molecule has 9 heteroatoms. The number of hydrogen-bond donors (Lipinski definition) is 0. The second kappa shape index (κ2) is 10.7. The summed E-state index contributed by atoms with van der Waals surface area (Å²) in [7, 11) is 0. The van der Waals surface area contributed by atoms with Crippen LogP contribution in [-0.4, -0.2) is 15.9 Å². The zero-order chi connectivity index (χ0) is 26.9. The monoisotopic (exact) mass is 617 g/mol. The zero-order valence-corrected chi connectivity index (χ0v) is 23.2. The van der Waals surface area contributed by atoms with Gasteiger partial charge in [-0.3, -0.25) is 4.79 Å². The van der Waals surface area contributed by atoms with Gasteiger partial charge in [0.05, 0.1) is 27.2 Å². The van der Waals surface area contributed by atoms with Crippen molar-refractivity contribution in [1.82, 2.24) is 9.66 Å². The van der Waals surface area contributed by atoms with E-state index in [-0.39, 0.29) is 11.4 Å². The summed E-state index contributed by atoms with van der Waals surface area (Å²) in [4.78, 5) is 18.2. The van der Waals surface area contributed by atoms with Crippen LogP contribution in [0.25, 0.3) is 33.5 Å². The van der Waals surface area contributed by atoms with Gasteiger partial charge in [-0.25, -0.2) is 4.98 Å². The van der Waals surface area contributed by atoms with Crippen molar-refractivity contribution in [2.75, 3.05) is 0 Å². The van der Waals surface area contributed by atoms with Crippen molar-refractivity contribution in [3.8, 4) is 17.3 Å². The average molecular weight is 619 g/mol. The smallest absolute Gasteiger partial charge is 0.282 e. The molecule has 2 heterocycles. The first kappa shape index (κ1) is 25.4. The molecule has 192 valence electrons. The van der Waals surface area contributed by atoms with Gasteiger partial charge in [0.1, 0.15) is 12.2 Å². The number of para-hydroxylation sites is 2. The van der Waals surface area contributed by atoms with E-state index in [9.17, 15) is 4.79 Å². The van der Waals surface area contributed by atoms with Crippen molar-refractivity contribution in [3.63, 3.8) is 0 Å². The predicted molar refractivity (Wildman–Crippen MR) is 159 cm³/mol. The minimum absolute atomic E-state index is 0.276. The lowest BCUT2D eigenvalue weighted by Crippen LogP contribution is -2.20. The minimum atomic E-state index is -0.334. The first-order valence-corrected chi connectivity index (χ1v) is 13.4. The molecule has 0 amide bonds. The molecule has 0 aliphatic heterocycles. The molecule has 6 rings (SSSR count). The number of benzene rings is 4. The maximum absolute atomic E-state index is 13.5. The van der Waals surface area contributed by atoms with E-state index in [1.54, 1.807) is 30.3 Å². The molecule has 0 fully saturated rings. The third-order valence-electron chi connectivity index (χ3n) is 6.04. The first-order valence-electron chi connectivity index (χ1n) is 11.9. The molecule has 0 unspecified atom stereocenters. The lowest BCUT2D eigenvalue weighted by atomic mass is 10.2. The molecule has 0 spiro atoms. The van der Waals surface area contributed by atoms with Gasteiger partial charge in [-0.2, -0.15) is 9.78 Å². The van der Waals surface area contributed by atoms with Crippen molar-refractivity contribution in [3.05, 3.63) is 127 Å². The van der Waals surface area contributed by atoms with Gasteiger partial charge in [-0.1, -0.05) is 81.6 Å². The Bertz CT molecular complexity index is 1870. The third kappa shape index (κ3) is 5.21. The number of rotatable bonds is 6. The maximum atomic E-state index is 13.5. The normalized spacial score (nSPS) is 11.6. The van der Waals surface area contributed by atoms with E-state index < -0.39 is 0 Å². The molecule has 0 saturated carbocycles. The number of nitrogens with zero attached hydrogens (tertiary/aromatic N) is 3. The highest BCUT2D eigenvalue weighted by Crippen LogP contribution is 2.35. The summed E-state index contributed by atoms with van der Waals surface area (Å²) < 4.78 is 14.1. The first-order chi connectivity index (χ1) is 19.0. The lowest BCUT2D eigenvalue weighted by Gasteiger charge is -2.11. The SMILES string of the molecule is O=c1c2ccccc2nc(-c2cc3ccccc3o2)n1N=Cc1cc(Cl)c(OCc2ccc(Br)cc2)c(Cl)c1. The Morgan fingerprint density at radius 3 is 2.44 bits per heavy atom. The highest BCUT2D eigenvalue weighted by atomic mass is 79.9. The van der Waals surface area contributed by atoms with Crippen LogP contribution in [0.5, 0.6) is 5.75 Å². The molecule has 0 aliphatic rings. The van der Waals surface area contributed by atoms with Crippen LogP contribution in [0, 0.1) is 0 Å². The van der Waals surface area contributed by atoms with E-state index in [1.807, 2.05) is 60.7 Å². The predicted octanol–water partition coefficient (Wildman–Crippen LogP) is 8.34. The van der Waals surface area contributed by atoms with Crippen molar-refractivity contribution >= 4 is 67.2 Å². The average Bonchev–Trinajstić information content (AvgIpc) is 3.37. The van der Waals surface area contributed by atoms with Crippen LogP contribution in [0.1, 0.15) is 11.1 Å². The van der Waals surface area contributed by atoms with Crippen molar-refractivity contribution in [2.45, 2.75) is 6.61 Å². The van der Waals surface area contributed by atoms with Gasteiger partial charge in [0.2, 0.25) is 5.82 Å². The van der Waals surface area contributed by atoms with Gasteiger partial charge in [0, 0.05) is 9.86 Å². The largest absolute Gasteiger partial charge is 0.486 e. The molecule has 2 aromatic heterocycles. The second-order valence-corrected chi connectivity index (χ2v) is 10.4. The molecule has 39 heavy (non-hydrogen) atoms. The van der Waals surface area contributed by atoms with E-state index in [0.29, 0.717) is 50.2 Å². The molecule has 6 aromatic rings. The topological polar surface area (TPSA) is 69.6 Å². The maximum Gasteiger partial charge on any atom is 0.282 e. The molecule has 0 bridgehead atoms. The number of furan rings is 1. The number of halogens is 3. The highest BCUT2D eigenvalue weighted by Gasteiger charge is 2.17. The minimum Gasteiger partial charge on any atom is -0.486 e. The van der Waals surface area contributed by atoms with E-state index in [0.717, 1.165) is 15.4 Å². The van der Waals surface area contributed by atoms with Gasteiger partial charge in [0.15, 0.2) is 11.5 Å². The van der Waals surface area contributed by atoms with Crippen molar-refractivity contribution in [1.29, 1.82) is 0 Å². The number of fused-ring (bicyclic) bond motifs is 2. The van der Waals surface area contributed by atoms with Gasteiger partial charge in [-0.05, 0) is 59.7 Å². The Hall–Kier alpha value is -3.91. The summed E-state index contributed by atoms with van der Waals surface area (Å²) in [6.45, 7) is 0.305. The van der Waals surface area contributed by atoms with Crippen molar-refractivity contribution in [2.24, 2.45) is 5.10 Å². The Balaban J connectivity index is 1.37. The molecular weight excluding hydrogens is 601 g/mol. The van der Waals surface area contributed by atoms with E-state index >= 15 is 0 Å². The number of aromatic nitrogens is 2. The van der Waals surface area contributed by atoms with Gasteiger partial charge in [0.25, 0.3) is 5.56 Å². The fraction of sp³-hybridized carbons (Fsp3) is 0.0333. The zero-order valence-electron chi connectivity index (χ0n) is 20.1. The van der Waals surface area contributed by atoms with Crippen LogP contribution in [0.4, 0.5) is 0 Å². The van der Waals surface area contributed by atoms with Gasteiger partial charge in [-0.15, -0.1) is 0 Å². The molecule has 0 aliphatic carbocycles. The summed E-state index contributed by atoms with van der Waals surface area (Å²) >= 11 is 16.5. The van der Waals surface area contributed by atoms with E-state index in [2.05, 4.69) is 21.0 Å².